The Morgan fingerprint density at radius 1 is 1.20 bits per heavy atom. The fourth-order valence-electron chi connectivity index (χ4n) is 2.58. The smallest absolute Gasteiger partial charge is 0.269 e. The van der Waals surface area contributed by atoms with E-state index in [-0.39, 0.29) is 18.1 Å². The number of methoxy groups -OCH3 is 1. The molecule has 0 saturated heterocycles. The van der Waals surface area contributed by atoms with E-state index in [2.05, 4.69) is 26.5 Å². The van der Waals surface area contributed by atoms with Crippen LogP contribution in [0.2, 0.25) is 0 Å². The number of halogens is 2. The molecule has 0 spiro atoms. The molecule has 0 aromatic heterocycles. The Balaban J connectivity index is 1.69. The second kappa shape index (κ2) is 9.84. The van der Waals surface area contributed by atoms with Crippen LogP contribution in [-0.4, -0.2) is 18.2 Å². The van der Waals surface area contributed by atoms with Crippen molar-refractivity contribution < 1.29 is 18.8 Å². The lowest BCUT2D eigenvalue weighted by Crippen LogP contribution is -2.00. The summed E-state index contributed by atoms with van der Waals surface area (Å²) < 4.78 is 25.2. The van der Waals surface area contributed by atoms with Crippen molar-refractivity contribution in [1.29, 1.82) is 0 Å². The Kier molecular flexibility index (Phi) is 6.97. The molecule has 7 nitrogen and oxygen atoms in total. The zero-order valence-corrected chi connectivity index (χ0v) is 17.4. The summed E-state index contributed by atoms with van der Waals surface area (Å²) in [7, 11) is 1.52. The van der Waals surface area contributed by atoms with Gasteiger partial charge in [-0.3, -0.25) is 15.5 Å². The molecule has 0 aliphatic heterocycles. The number of rotatable bonds is 8. The molecule has 1 N–H and O–H groups in total. The molecule has 0 aliphatic carbocycles. The molecular weight excluding hydrogens is 457 g/mol. The van der Waals surface area contributed by atoms with Gasteiger partial charge in [0, 0.05) is 12.1 Å². The molecule has 3 aromatic carbocycles. The first-order valence-electron chi connectivity index (χ1n) is 8.74. The SMILES string of the molecule is COc1cc(/C=N/Nc2ccc([N+](=O)[O-])cc2)cc(Br)c1OCc1cccc(F)c1. The van der Waals surface area contributed by atoms with E-state index < -0.39 is 4.92 Å². The second-order valence-electron chi connectivity index (χ2n) is 6.13. The van der Waals surface area contributed by atoms with Crippen LogP contribution in [-0.2, 0) is 6.61 Å². The number of nitrogens with one attached hydrogen (secondary N) is 1. The van der Waals surface area contributed by atoms with E-state index in [4.69, 9.17) is 9.47 Å². The normalized spacial score (nSPS) is 10.8. The Labute approximate surface area is 180 Å². The monoisotopic (exact) mass is 473 g/mol. The average Bonchev–Trinajstić information content (AvgIpc) is 2.73. The predicted molar refractivity (Wildman–Crippen MR) is 116 cm³/mol. The Morgan fingerprint density at radius 3 is 2.63 bits per heavy atom. The van der Waals surface area contributed by atoms with Crippen LogP contribution in [0.4, 0.5) is 15.8 Å². The van der Waals surface area contributed by atoms with Gasteiger partial charge in [0.25, 0.3) is 5.69 Å². The van der Waals surface area contributed by atoms with Crippen LogP contribution in [0.5, 0.6) is 11.5 Å². The van der Waals surface area contributed by atoms with Crippen molar-refractivity contribution >= 4 is 33.5 Å². The van der Waals surface area contributed by atoms with Crippen molar-refractivity contribution in [3.8, 4) is 11.5 Å². The first-order valence-corrected chi connectivity index (χ1v) is 9.54. The quantitative estimate of drug-likeness (QED) is 0.264. The molecule has 0 fully saturated rings. The van der Waals surface area contributed by atoms with Crippen LogP contribution in [0.1, 0.15) is 11.1 Å². The summed E-state index contributed by atoms with van der Waals surface area (Å²) in [6.07, 6.45) is 1.57. The number of ether oxygens (including phenoxy) is 2. The Bertz CT molecular complexity index is 1070. The van der Waals surface area contributed by atoms with Crippen LogP contribution in [0.3, 0.4) is 0 Å². The van der Waals surface area contributed by atoms with Gasteiger partial charge in [0.05, 0.1) is 28.4 Å². The van der Waals surface area contributed by atoms with Crippen molar-refractivity contribution in [3.63, 3.8) is 0 Å². The van der Waals surface area contributed by atoms with E-state index in [0.717, 1.165) is 5.56 Å². The molecule has 154 valence electrons. The van der Waals surface area contributed by atoms with Crippen LogP contribution >= 0.6 is 15.9 Å². The van der Waals surface area contributed by atoms with Crippen molar-refractivity contribution in [2.24, 2.45) is 5.10 Å². The zero-order chi connectivity index (χ0) is 21.5. The van der Waals surface area contributed by atoms with Gasteiger partial charge in [-0.15, -0.1) is 0 Å². The molecule has 0 radical (unpaired) electrons. The van der Waals surface area contributed by atoms with Gasteiger partial charge in [-0.05, 0) is 63.5 Å². The van der Waals surface area contributed by atoms with Gasteiger partial charge in [-0.2, -0.15) is 5.10 Å². The number of hydrogen-bond donors (Lipinski definition) is 1. The summed E-state index contributed by atoms with van der Waals surface area (Å²) in [5.41, 5.74) is 4.85. The Morgan fingerprint density at radius 2 is 1.97 bits per heavy atom. The number of nitro groups is 1. The maximum absolute atomic E-state index is 13.3. The van der Waals surface area contributed by atoms with Gasteiger partial charge >= 0.3 is 0 Å². The molecule has 3 rings (SSSR count). The minimum atomic E-state index is -0.464. The van der Waals surface area contributed by atoms with Gasteiger partial charge < -0.3 is 9.47 Å². The fourth-order valence-corrected chi connectivity index (χ4v) is 3.15. The van der Waals surface area contributed by atoms with Crippen LogP contribution in [0.25, 0.3) is 0 Å². The first-order chi connectivity index (χ1) is 14.5. The molecule has 30 heavy (non-hydrogen) atoms. The highest BCUT2D eigenvalue weighted by Gasteiger charge is 2.12. The summed E-state index contributed by atoms with van der Waals surface area (Å²) in [4.78, 5) is 10.2. The van der Waals surface area contributed by atoms with Crippen LogP contribution in [0, 0.1) is 15.9 Å². The van der Waals surface area contributed by atoms with Gasteiger partial charge in [0.15, 0.2) is 11.5 Å². The molecule has 0 amide bonds. The van der Waals surface area contributed by atoms with Gasteiger partial charge in [0.2, 0.25) is 0 Å². The third kappa shape index (κ3) is 5.54. The van der Waals surface area contributed by atoms with Gasteiger partial charge in [-0.1, -0.05) is 12.1 Å². The fraction of sp³-hybridized carbons (Fsp3) is 0.0952. The van der Waals surface area contributed by atoms with Gasteiger partial charge in [-0.25, -0.2) is 4.39 Å². The number of hydrogen-bond acceptors (Lipinski definition) is 6. The number of nitro benzene ring substituents is 1. The molecule has 0 bridgehead atoms. The summed E-state index contributed by atoms with van der Waals surface area (Å²) in [5.74, 6) is 0.647. The predicted octanol–water partition coefficient (Wildman–Crippen LogP) is 5.53. The highest BCUT2D eigenvalue weighted by molar-refractivity contribution is 9.10. The maximum Gasteiger partial charge on any atom is 0.269 e. The molecule has 9 heteroatoms. The number of benzene rings is 3. The lowest BCUT2D eigenvalue weighted by Gasteiger charge is -2.13. The molecular formula is C21H17BrFN3O4. The van der Waals surface area contributed by atoms with Crippen molar-refractivity contribution in [3.05, 3.63) is 92.2 Å². The van der Waals surface area contributed by atoms with E-state index in [9.17, 15) is 14.5 Å². The number of anilines is 1. The lowest BCUT2D eigenvalue weighted by molar-refractivity contribution is -0.384. The summed E-state index contributed by atoms with van der Waals surface area (Å²) >= 11 is 3.46. The lowest BCUT2D eigenvalue weighted by atomic mass is 10.2. The highest BCUT2D eigenvalue weighted by Crippen LogP contribution is 2.37. The number of hydrazone groups is 1. The molecule has 0 aliphatic rings. The minimum absolute atomic E-state index is 0.00651. The number of nitrogens with zero attached hydrogens (tertiary/aromatic N) is 2. The van der Waals surface area contributed by atoms with Crippen LogP contribution in [0.15, 0.2) is 70.2 Å². The summed E-state index contributed by atoms with van der Waals surface area (Å²) in [5, 5.41) is 14.8. The summed E-state index contributed by atoms with van der Waals surface area (Å²) in [6.45, 7) is 0.182. The van der Waals surface area contributed by atoms with Gasteiger partial charge in [0.1, 0.15) is 12.4 Å². The Hall–Kier alpha value is -3.46. The van der Waals surface area contributed by atoms with Crippen molar-refractivity contribution in [1.82, 2.24) is 0 Å². The molecule has 0 unspecified atom stereocenters. The van der Waals surface area contributed by atoms with Crippen LogP contribution < -0.4 is 14.9 Å². The molecule has 0 atom stereocenters. The van der Waals surface area contributed by atoms with E-state index in [1.54, 1.807) is 42.6 Å². The molecule has 0 heterocycles. The van der Waals surface area contributed by atoms with E-state index >= 15 is 0 Å². The third-order valence-corrected chi connectivity index (χ3v) is 4.60. The van der Waals surface area contributed by atoms with E-state index in [1.165, 1.54) is 31.4 Å². The average molecular weight is 474 g/mol. The highest BCUT2D eigenvalue weighted by atomic mass is 79.9. The van der Waals surface area contributed by atoms with E-state index in [1.807, 2.05) is 0 Å². The minimum Gasteiger partial charge on any atom is -0.493 e. The number of non-ortho nitro benzene ring substituents is 1. The van der Waals surface area contributed by atoms with Crippen molar-refractivity contribution in [2.75, 3.05) is 12.5 Å². The topological polar surface area (TPSA) is 86.0 Å². The molecule has 0 saturated carbocycles. The third-order valence-electron chi connectivity index (χ3n) is 4.01. The van der Waals surface area contributed by atoms with Crippen molar-refractivity contribution in [2.45, 2.75) is 6.61 Å². The maximum atomic E-state index is 13.3. The summed E-state index contributed by atoms with van der Waals surface area (Å²) in [6, 6.07) is 15.6. The zero-order valence-electron chi connectivity index (χ0n) is 15.8. The standard InChI is InChI=1S/C21H17BrFN3O4/c1-29-20-11-15(12-24-25-17-5-7-18(8-6-17)26(27)28)10-19(22)21(20)30-13-14-3-2-4-16(23)9-14/h2-12,25H,13H2,1H3/b24-12+. The second-order valence-corrected chi connectivity index (χ2v) is 6.98. The first kappa shape index (κ1) is 21.3. The molecule has 3 aromatic rings. The van der Waals surface area contributed by atoms with E-state index in [0.29, 0.717) is 27.2 Å². The largest absolute Gasteiger partial charge is 0.493 e.